The topological polar surface area (TPSA) is 0 Å². The third-order valence-corrected chi connectivity index (χ3v) is 3.83. The lowest BCUT2D eigenvalue weighted by Gasteiger charge is -2.15. The van der Waals surface area contributed by atoms with E-state index in [2.05, 4.69) is 38.6 Å². The largest absolute Gasteiger partial charge is 0.115 e. The number of hydrogen-bond acceptors (Lipinski definition) is 0. The van der Waals surface area contributed by atoms with Gasteiger partial charge in [-0.3, -0.25) is 0 Å². The summed E-state index contributed by atoms with van der Waals surface area (Å²) in [5.74, 6) is 2.82. The van der Waals surface area contributed by atoms with Crippen LogP contribution in [0.1, 0.15) is 26.2 Å². The number of terminal acetylenes is 1. The second kappa shape index (κ2) is 5.21. The molecule has 0 nitrogen and oxygen atoms in total. The summed E-state index contributed by atoms with van der Waals surface area (Å²) < 4.78 is 0. The maximum Gasteiger partial charge on any atom is 0.0879 e. The molecule has 0 spiro atoms. The summed E-state index contributed by atoms with van der Waals surface area (Å²) in [6, 6.07) is 0. The van der Waals surface area contributed by atoms with Crippen molar-refractivity contribution in [3.05, 3.63) is 11.3 Å². The third-order valence-electron chi connectivity index (χ3n) is 1.87. The van der Waals surface area contributed by atoms with Crippen molar-refractivity contribution in [3.63, 3.8) is 0 Å². The molecule has 68 valence electrons. The summed E-state index contributed by atoms with van der Waals surface area (Å²) in [5, 5.41) is 1.27. The highest BCUT2D eigenvalue weighted by Crippen LogP contribution is 2.14. The van der Waals surface area contributed by atoms with Crippen molar-refractivity contribution in [1.29, 1.82) is 0 Å². The van der Waals surface area contributed by atoms with E-state index in [9.17, 15) is 0 Å². The number of hydrogen-bond donors (Lipinski definition) is 0. The molecule has 0 rings (SSSR count). The fourth-order valence-corrected chi connectivity index (χ4v) is 2.22. The Labute approximate surface area is 78.1 Å². The quantitative estimate of drug-likeness (QED) is 0.352. The molecule has 0 N–H and O–H groups in total. The van der Waals surface area contributed by atoms with Crippen molar-refractivity contribution in [2.45, 2.75) is 45.8 Å². The van der Waals surface area contributed by atoms with Crippen molar-refractivity contribution in [2.75, 3.05) is 0 Å². The lowest BCUT2D eigenvalue weighted by molar-refractivity contribution is 0.814. The summed E-state index contributed by atoms with van der Waals surface area (Å²) in [6.07, 6.45) is 11.4. The van der Waals surface area contributed by atoms with Crippen LogP contribution in [0.3, 0.4) is 0 Å². The van der Waals surface area contributed by atoms with Gasteiger partial charge in [-0.05, 0) is 11.6 Å². The zero-order valence-corrected chi connectivity index (χ0v) is 9.78. The standard InChI is InChI=1S/C11H20Si/c1-6-8-9-10-11(7-2)12(3,4)5/h2,10H,6,8-9H2,1,3-5H3/b11-10-. The molecule has 0 aliphatic heterocycles. The fourth-order valence-electron chi connectivity index (χ4n) is 1.03. The van der Waals surface area contributed by atoms with Crippen LogP contribution in [-0.2, 0) is 0 Å². The van der Waals surface area contributed by atoms with Crippen LogP contribution in [0.4, 0.5) is 0 Å². The van der Waals surface area contributed by atoms with E-state index in [1.807, 2.05) is 0 Å². The molecule has 0 aliphatic rings. The maximum atomic E-state index is 5.46. The summed E-state index contributed by atoms with van der Waals surface area (Å²) in [4.78, 5) is 0. The molecule has 0 aromatic heterocycles. The molecule has 1 heteroatoms. The van der Waals surface area contributed by atoms with Gasteiger partial charge in [-0.25, -0.2) is 0 Å². The van der Waals surface area contributed by atoms with Crippen LogP contribution in [0.5, 0.6) is 0 Å². The molecule has 0 aliphatic carbocycles. The highest BCUT2D eigenvalue weighted by molar-refractivity contribution is 6.84. The Bertz CT molecular complexity index is 188. The molecule has 0 heterocycles. The van der Waals surface area contributed by atoms with Gasteiger partial charge in [0.25, 0.3) is 0 Å². The minimum Gasteiger partial charge on any atom is -0.115 e. The zero-order valence-electron chi connectivity index (χ0n) is 8.78. The monoisotopic (exact) mass is 180 g/mol. The average Bonchev–Trinajstić information content (AvgIpc) is 1.95. The highest BCUT2D eigenvalue weighted by Gasteiger charge is 2.16. The van der Waals surface area contributed by atoms with E-state index in [0.717, 1.165) is 6.42 Å². The van der Waals surface area contributed by atoms with Gasteiger partial charge in [0.1, 0.15) is 0 Å². The van der Waals surface area contributed by atoms with E-state index in [4.69, 9.17) is 6.42 Å². The third kappa shape index (κ3) is 4.41. The van der Waals surface area contributed by atoms with Gasteiger partial charge in [-0.1, -0.05) is 51.4 Å². The Kier molecular flexibility index (Phi) is 5.00. The SMILES string of the molecule is C#C/C(=C/CCCC)[Si](C)(C)C. The second-order valence-corrected chi connectivity index (χ2v) is 9.19. The predicted molar refractivity (Wildman–Crippen MR) is 59.8 cm³/mol. The smallest absolute Gasteiger partial charge is 0.0879 e. The molecule has 0 atom stereocenters. The van der Waals surface area contributed by atoms with Crippen molar-refractivity contribution in [1.82, 2.24) is 0 Å². The van der Waals surface area contributed by atoms with Crippen LogP contribution in [0.2, 0.25) is 19.6 Å². The van der Waals surface area contributed by atoms with Gasteiger partial charge in [-0.2, -0.15) is 0 Å². The molecule has 0 unspecified atom stereocenters. The van der Waals surface area contributed by atoms with Crippen molar-refractivity contribution in [2.24, 2.45) is 0 Å². The van der Waals surface area contributed by atoms with Gasteiger partial charge in [0.05, 0.1) is 8.07 Å². The molecular formula is C11H20Si. The Balaban J connectivity index is 4.18. The minimum atomic E-state index is -1.21. The van der Waals surface area contributed by atoms with Crippen LogP contribution < -0.4 is 0 Å². The molecule has 0 saturated carbocycles. The van der Waals surface area contributed by atoms with Crippen LogP contribution in [0, 0.1) is 12.3 Å². The molecule has 0 amide bonds. The average molecular weight is 180 g/mol. The maximum absolute atomic E-state index is 5.46. The van der Waals surface area contributed by atoms with Gasteiger partial charge in [0, 0.05) is 0 Å². The van der Waals surface area contributed by atoms with Gasteiger partial charge in [0.15, 0.2) is 0 Å². The molecule has 0 aromatic carbocycles. The van der Waals surface area contributed by atoms with E-state index in [0.29, 0.717) is 0 Å². The van der Waals surface area contributed by atoms with Gasteiger partial charge >= 0.3 is 0 Å². The molecule has 12 heavy (non-hydrogen) atoms. The number of unbranched alkanes of at least 4 members (excludes halogenated alkanes) is 2. The Morgan fingerprint density at radius 1 is 1.42 bits per heavy atom. The number of rotatable bonds is 4. The molecular weight excluding hydrogens is 160 g/mol. The first-order valence-electron chi connectivity index (χ1n) is 4.69. The molecule has 0 fully saturated rings. The summed E-state index contributed by atoms with van der Waals surface area (Å²) in [6.45, 7) is 9.10. The number of allylic oxidation sites excluding steroid dienone is 2. The summed E-state index contributed by atoms with van der Waals surface area (Å²) in [7, 11) is -1.21. The molecule has 0 radical (unpaired) electrons. The van der Waals surface area contributed by atoms with Gasteiger partial charge < -0.3 is 0 Å². The van der Waals surface area contributed by atoms with Crippen LogP contribution in [-0.4, -0.2) is 8.07 Å². The first-order valence-corrected chi connectivity index (χ1v) is 8.19. The Morgan fingerprint density at radius 2 is 2.00 bits per heavy atom. The highest BCUT2D eigenvalue weighted by atomic mass is 28.3. The summed E-state index contributed by atoms with van der Waals surface area (Å²) >= 11 is 0. The van der Waals surface area contributed by atoms with Crippen LogP contribution >= 0.6 is 0 Å². The minimum absolute atomic E-state index is 1.15. The first kappa shape index (κ1) is 11.5. The van der Waals surface area contributed by atoms with Gasteiger partial charge in [-0.15, -0.1) is 6.42 Å². The lowest BCUT2D eigenvalue weighted by atomic mass is 10.2. The fraction of sp³-hybridized carbons (Fsp3) is 0.636. The van der Waals surface area contributed by atoms with Gasteiger partial charge in [0.2, 0.25) is 0 Å². The van der Waals surface area contributed by atoms with E-state index in [1.165, 1.54) is 18.0 Å². The van der Waals surface area contributed by atoms with E-state index >= 15 is 0 Å². The van der Waals surface area contributed by atoms with Crippen molar-refractivity contribution >= 4 is 8.07 Å². The Hall–Kier alpha value is -0.483. The molecule has 0 bridgehead atoms. The van der Waals surface area contributed by atoms with E-state index in [1.54, 1.807) is 0 Å². The van der Waals surface area contributed by atoms with Crippen molar-refractivity contribution < 1.29 is 0 Å². The molecule has 0 aromatic rings. The zero-order chi connectivity index (χ0) is 9.61. The normalized spacial score (nSPS) is 12.8. The van der Waals surface area contributed by atoms with Crippen LogP contribution in [0.15, 0.2) is 11.3 Å². The lowest BCUT2D eigenvalue weighted by Crippen LogP contribution is -2.22. The predicted octanol–water partition coefficient (Wildman–Crippen LogP) is 3.61. The van der Waals surface area contributed by atoms with E-state index < -0.39 is 8.07 Å². The Morgan fingerprint density at radius 3 is 2.33 bits per heavy atom. The first-order chi connectivity index (χ1) is 5.52. The van der Waals surface area contributed by atoms with E-state index in [-0.39, 0.29) is 0 Å². The molecule has 0 saturated heterocycles. The van der Waals surface area contributed by atoms with Crippen molar-refractivity contribution in [3.8, 4) is 12.3 Å². The van der Waals surface area contributed by atoms with Crippen LogP contribution in [0.25, 0.3) is 0 Å². The summed E-state index contributed by atoms with van der Waals surface area (Å²) in [5.41, 5.74) is 0. The second-order valence-electron chi connectivity index (χ2n) is 4.15.